The molecule has 0 saturated carbocycles. The van der Waals surface area contributed by atoms with Crippen LogP contribution in [0.5, 0.6) is 0 Å². The summed E-state index contributed by atoms with van der Waals surface area (Å²) in [5.41, 5.74) is 0.484. The molecule has 0 radical (unpaired) electrons. The Morgan fingerprint density at radius 3 is 2.67 bits per heavy atom. The van der Waals surface area contributed by atoms with Gasteiger partial charge in [0.25, 0.3) is 0 Å². The Hall–Kier alpha value is -0.970. The predicted molar refractivity (Wildman–Crippen MR) is 69.6 cm³/mol. The van der Waals surface area contributed by atoms with Gasteiger partial charge in [0.15, 0.2) is 5.25 Å². The van der Waals surface area contributed by atoms with E-state index in [9.17, 15) is 12.8 Å². The fraction of sp³-hybridized carbons (Fsp3) is 0.364. The molecule has 0 fully saturated rings. The molecular formula is C11H12BrFN2O2S. The molecule has 0 spiro atoms. The van der Waals surface area contributed by atoms with Crippen LogP contribution in [0.25, 0.3) is 0 Å². The molecule has 0 aliphatic rings. The molecule has 1 unspecified atom stereocenters. The van der Waals surface area contributed by atoms with E-state index >= 15 is 0 Å². The van der Waals surface area contributed by atoms with Crippen LogP contribution in [0.15, 0.2) is 22.7 Å². The number of benzene rings is 1. The third-order valence-electron chi connectivity index (χ3n) is 2.29. The Kier molecular flexibility index (Phi) is 5.26. The largest absolute Gasteiger partial charge is 0.228 e. The second-order valence-corrected chi connectivity index (χ2v) is 6.53. The van der Waals surface area contributed by atoms with Crippen LogP contribution in [0.2, 0.25) is 0 Å². The minimum absolute atomic E-state index is 0.0448. The average molecular weight is 335 g/mol. The lowest BCUT2D eigenvalue weighted by Crippen LogP contribution is -2.32. The first kappa shape index (κ1) is 15.1. The normalized spacial score (nSPS) is 13.0. The van der Waals surface area contributed by atoms with Gasteiger partial charge in [-0.1, -0.05) is 22.9 Å². The van der Waals surface area contributed by atoms with E-state index < -0.39 is 21.1 Å². The summed E-state index contributed by atoms with van der Waals surface area (Å²) >= 11 is 3.12. The van der Waals surface area contributed by atoms with E-state index in [1.165, 1.54) is 12.1 Å². The van der Waals surface area contributed by atoms with E-state index in [1.807, 2.05) is 0 Å². The molecule has 4 nitrogen and oxygen atoms in total. The highest BCUT2D eigenvalue weighted by atomic mass is 79.9. The van der Waals surface area contributed by atoms with Gasteiger partial charge in [-0.3, -0.25) is 0 Å². The highest BCUT2D eigenvalue weighted by molar-refractivity contribution is 9.10. The van der Waals surface area contributed by atoms with Crippen LogP contribution in [0.4, 0.5) is 4.39 Å². The van der Waals surface area contributed by atoms with Crippen LogP contribution in [-0.4, -0.2) is 13.7 Å². The first-order valence-corrected chi connectivity index (χ1v) is 7.56. The third-order valence-corrected chi connectivity index (χ3v) is 4.48. The van der Waals surface area contributed by atoms with Crippen LogP contribution in [0.1, 0.15) is 18.9 Å². The molecule has 0 bridgehead atoms. The number of hydrogen-bond acceptors (Lipinski definition) is 3. The van der Waals surface area contributed by atoms with Crippen molar-refractivity contribution < 1.29 is 12.8 Å². The van der Waals surface area contributed by atoms with Gasteiger partial charge in [0.1, 0.15) is 5.82 Å². The number of rotatable bonds is 5. The van der Waals surface area contributed by atoms with Gasteiger partial charge in [-0.2, -0.15) is 5.26 Å². The lowest BCUT2D eigenvalue weighted by atomic mass is 10.2. The van der Waals surface area contributed by atoms with E-state index in [-0.39, 0.29) is 13.0 Å². The Morgan fingerprint density at radius 2 is 2.17 bits per heavy atom. The van der Waals surface area contributed by atoms with E-state index in [1.54, 1.807) is 19.1 Å². The second kappa shape index (κ2) is 6.27. The molecule has 0 amide bonds. The summed E-state index contributed by atoms with van der Waals surface area (Å²) in [5.74, 6) is -0.453. The fourth-order valence-corrected chi connectivity index (χ4v) is 3.04. The van der Waals surface area contributed by atoms with Crippen molar-refractivity contribution in [2.45, 2.75) is 25.1 Å². The summed E-state index contributed by atoms with van der Waals surface area (Å²) in [6.45, 7) is 1.57. The Balaban J connectivity index is 2.79. The summed E-state index contributed by atoms with van der Waals surface area (Å²) in [6.07, 6.45) is 0.207. The monoisotopic (exact) mass is 334 g/mol. The van der Waals surface area contributed by atoms with Crippen molar-refractivity contribution in [1.82, 2.24) is 4.72 Å². The molecule has 0 saturated heterocycles. The summed E-state index contributed by atoms with van der Waals surface area (Å²) in [7, 11) is -3.70. The van der Waals surface area contributed by atoms with Gasteiger partial charge in [0, 0.05) is 11.0 Å². The fourth-order valence-electron chi connectivity index (χ4n) is 1.38. The molecule has 1 atom stereocenters. The maximum absolute atomic E-state index is 13.1. The summed E-state index contributed by atoms with van der Waals surface area (Å²) in [6, 6.07) is 5.84. The molecule has 0 heterocycles. The topological polar surface area (TPSA) is 70.0 Å². The number of hydrogen-bond donors (Lipinski definition) is 1. The van der Waals surface area contributed by atoms with Crippen molar-refractivity contribution in [2.75, 3.05) is 0 Å². The van der Waals surface area contributed by atoms with Crippen molar-refractivity contribution >= 4 is 26.0 Å². The number of sulfonamides is 1. The maximum atomic E-state index is 13.1. The zero-order valence-corrected chi connectivity index (χ0v) is 12.1. The van der Waals surface area contributed by atoms with Crippen molar-refractivity contribution in [1.29, 1.82) is 5.26 Å². The molecule has 0 aliphatic heterocycles. The summed E-state index contributed by atoms with van der Waals surface area (Å²) in [4.78, 5) is 0. The number of nitrogens with one attached hydrogen (secondary N) is 1. The molecule has 1 aromatic rings. The SMILES string of the molecule is CCC(C#N)S(=O)(=O)NCc1cc(F)cc(Br)c1. The smallest absolute Gasteiger partial charge is 0.211 e. The van der Waals surface area contributed by atoms with Crippen molar-refractivity contribution in [3.05, 3.63) is 34.1 Å². The standard InChI is InChI=1S/C11H12BrFN2O2S/c1-2-11(6-14)18(16,17)15-7-8-3-9(12)5-10(13)4-8/h3-5,11,15H,2,7H2,1H3. The lowest BCUT2D eigenvalue weighted by molar-refractivity contribution is 0.571. The molecule has 7 heteroatoms. The van der Waals surface area contributed by atoms with E-state index in [0.29, 0.717) is 10.0 Å². The van der Waals surface area contributed by atoms with Crippen molar-refractivity contribution in [2.24, 2.45) is 0 Å². The Morgan fingerprint density at radius 1 is 1.50 bits per heavy atom. The maximum Gasteiger partial charge on any atom is 0.228 e. The molecular weight excluding hydrogens is 323 g/mol. The molecule has 0 aromatic heterocycles. The molecule has 18 heavy (non-hydrogen) atoms. The Bertz CT molecular complexity index is 549. The molecule has 98 valence electrons. The van der Waals surface area contributed by atoms with Gasteiger partial charge in [0.05, 0.1) is 6.07 Å². The predicted octanol–water partition coefficient (Wildman–Crippen LogP) is 2.31. The third kappa shape index (κ3) is 4.05. The molecule has 0 aliphatic carbocycles. The second-order valence-electron chi connectivity index (χ2n) is 3.67. The first-order chi connectivity index (χ1) is 8.39. The number of halogens is 2. The average Bonchev–Trinajstić information content (AvgIpc) is 2.26. The minimum Gasteiger partial charge on any atom is -0.211 e. The van der Waals surface area contributed by atoms with Crippen LogP contribution < -0.4 is 4.72 Å². The molecule has 1 N–H and O–H groups in total. The van der Waals surface area contributed by atoms with Crippen LogP contribution >= 0.6 is 15.9 Å². The zero-order valence-electron chi connectivity index (χ0n) is 9.65. The van der Waals surface area contributed by atoms with Crippen molar-refractivity contribution in [3.63, 3.8) is 0 Å². The highest BCUT2D eigenvalue weighted by Crippen LogP contribution is 2.15. The minimum atomic E-state index is -3.70. The quantitative estimate of drug-likeness (QED) is 0.898. The van der Waals surface area contributed by atoms with Gasteiger partial charge < -0.3 is 0 Å². The van der Waals surface area contributed by atoms with Gasteiger partial charge in [0.2, 0.25) is 10.0 Å². The summed E-state index contributed by atoms with van der Waals surface area (Å²) < 4.78 is 39.3. The Labute approximate surface area is 114 Å². The number of nitrogens with zero attached hydrogens (tertiary/aromatic N) is 1. The van der Waals surface area contributed by atoms with Crippen LogP contribution in [0.3, 0.4) is 0 Å². The highest BCUT2D eigenvalue weighted by Gasteiger charge is 2.22. The van der Waals surface area contributed by atoms with Crippen molar-refractivity contribution in [3.8, 4) is 6.07 Å². The van der Waals surface area contributed by atoms with Gasteiger partial charge in [-0.15, -0.1) is 0 Å². The first-order valence-electron chi connectivity index (χ1n) is 5.22. The van der Waals surface area contributed by atoms with E-state index in [0.717, 1.165) is 0 Å². The lowest BCUT2D eigenvalue weighted by Gasteiger charge is -2.10. The van der Waals surface area contributed by atoms with E-state index in [4.69, 9.17) is 5.26 Å². The molecule has 1 rings (SSSR count). The van der Waals surface area contributed by atoms with Crippen LogP contribution in [-0.2, 0) is 16.6 Å². The number of nitriles is 1. The zero-order chi connectivity index (χ0) is 13.8. The van der Waals surface area contributed by atoms with Gasteiger partial charge in [-0.25, -0.2) is 17.5 Å². The van der Waals surface area contributed by atoms with Crippen LogP contribution in [0, 0.1) is 17.1 Å². The van der Waals surface area contributed by atoms with E-state index in [2.05, 4.69) is 20.7 Å². The molecule has 1 aromatic carbocycles. The van der Waals surface area contributed by atoms with Gasteiger partial charge in [-0.05, 0) is 30.2 Å². The summed E-state index contributed by atoms with van der Waals surface area (Å²) in [5, 5.41) is 7.62. The van der Waals surface area contributed by atoms with Gasteiger partial charge >= 0.3 is 0 Å².